The fourth-order valence-electron chi connectivity index (χ4n) is 4.12. The average molecular weight is 424 g/mol. The molecule has 31 heavy (non-hydrogen) atoms. The monoisotopic (exact) mass is 423 g/mol. The van der Waals surface area contributed by atoms with Crippen LogP contribution in [0, 0.1) is 5.92 Å². The molecule has 2 heterocycles. The van der Waals surface area contributed by atoms with Crippen molar-refractivity contribution in [2.75, 3.05) is 30.0 Å². The number of amides is 2. The number of aromatic nitrogens is 1. The summed E-state index contributed by atoms with van der Waals surface area (Å²) in [5, 5.41) is 2.78. The molecule has 0 bridgehead atoms. The summed E-state index contributed by atoms with van der Waals surface area (Å²) in [5.41, 5.74) is 0.854. The lowest BCUT2D eigenvalue weighted by Gasteiger charge is -2.22. The van der Waals surface area contributed by atoms with E-state index in [1.54, 1.807) is 29.3 Å². The van der Waals surface area contributed by atoms with Gasteiger partial charge in [0, 0.05) is 24.8 Å². The molecule has 4 rings (SSSR count). The number of hydrogen-bond acceptors (Lipinski definition) is 5. The van der Waals surface area contributed by atoms with Crippen molar-refractivity contribution in [3.8, 4) is 11.5 Å². The molecule has 1 aromatic carbocycles. The molecular formula is C24H29N3O4. The quantitative estimate of drug-likeness (QED) is 0.689. The van der Waals surface area contributed by atoms with E-state index in [-0.39, 0.29) is 18.4 Å². The lowest BCUT2D eigenvalue weighted by molar-refractivity contribution is -0.118. The van der Waals surface area contributed by atoms with E-state index >= 15 is 0 Å². The molecule has 1 N–H and O–H groups in total. The number of carbonyl (C=O) groups is 2. The maximum Gasteiger partial charge on any atom is 0.263 e. The van der Waals surface area contributed by atoms with E-state index in [4.69, 9.17) is 9.47 Å². The normalized spacial score (nSPS) is 16.9. The summed E-state index contributed by atoms with van der Waals surface area (Å²) in [5.74, 6) is 1.97. The van der Waals surface area contributed by atoms with Crippen LogP contribution in [0.15, 0.2) is 42.6 Å². The van der Waals surface area contributed by atoms with Gasteiger partial charge < -0.3 is 19.7 Å². The Balaban J connectivity index is 1.27. The van der Waals surface area contributed by atoms with Gasteiger partial charge in [-0.1, -0.05) is 19.3 Å². The van der Waals surface area contributed by atoms with Gasteiger partial charge in [0.2, 0.25) is 5.91 Å². The number of pyridine rings is 1. The molecule has 0 spiro atoms. The van der Waals surface area contributed by atoms with Crippen LogP contribution in [0.2, 0.25) is 0 Å². The molecule has 2 fully saturated rings. The van der Waals surface area contributed by atoms with Crippen molar-refractivity contribution in [3.05, 3.63) is 42.6 Å². The first kappa shape index (κ1) is 21.2. The maximum atomic E-state index is 12.4. The highest BCUT2D eigenvalue weighted by Crippen LogP contribution is 2.27. The summed E-state index contributed by atoms with van der Waals surface area (Å²) in [6.07, 6.45) is 9.33. The Hall–Kier alpha value is -3.09. The van der Waals surface area contributed by atoms with Crippen LogP contribution in [-0.4, -0.2) is 36.6 Å². The smallest absolute Gasteiger partial charge is 0.263 e. The summed E-state index contributed by atoms with van der Waals surface area (Å²) in [4.78, 5) is 30.2. The van der Waals surface area contributed by atoms with Gasteiger partial charge >= 0.3 is 0 Å². The first-order valence-electron chi connectivity index (χ1n) is 11.1. The Bertz CT molecular complexity index is 894. The highest BCUT2D eigenvalue weighted by atomic mass is 16.5. The van der Waals surface area contributed by atoms with Gasteiger partial charge in [-0.3, -0.25) is 9.59 Å². The highest BCUT2D eigenvalue weighted by Gasteiger charge is 2.21. The van der Waals surface area contributed by atoms with Crippen molar-refractivity contribution in [2.24, 2.45) is 5.92 Å². The van der Waals surface area contributed by atoms with Gasteiger partial charge in [0.25, 0.3) is 5.91 Å². The minimum atomic E-state index is -0.306. The summed E-state index contributed by atoms with van der Waals surface area (Å²) < 4.78 is 11.6. The number of hydrogen-bond donors (Lipinski definition) is 1. The van der Waals surface area contributed by atoms with Crippen molar-refractivity contribution >= 4 is 23.3 Å². The molecule has 7 heteroatoms. The minimum absolute atomic E-state index is 0.138. The van der Waals surface area contributed by atoms with Gasteiger partial charge in [-0.15, -0.1) is 0 Å². The van der Waals surface area contributed by atoms with Gasteiger partial charge in [-0.05, 0) is 61.6 Å². The Morgan fingerprint density at radius 3 is 2.61 bits per heavy atom. The largest absolute Gasteiger partial charge is 0.489 e. The van der Waals surface area contributed by atoms with E-state index in [0.29, 0.717) is 36.3 Å². The summed E-state index contributed by atoms with van der Waals surface area (Å²) in [6.45, 7) is 1.26. The molecule has 1 saturated heterocycles. The van der Waals surface area contributed by atoms with Crippen LogP contribution in [0.5, 0.6) is 11.5 Å². The standard InChI is InChI=1S/C24H29N3O4/c28-22(17-30-20-12-10-19(11-13-20)27-15-5-9-23(27)29)26-24-21(8-4-14-25-24)31-16-18-6-2-1-3-7-18/h4,8,10-14,18H,1-3,5-7,9,15-17H2,(H,25,26,28). The van der Waals surface area contributed by atoms with E-state index < -0.39 is 0 Å². The zero-order valence-electron chi connectivity index (χ0n) is 17.7. The first-order valence-corrected chi connectivity index (χ1v) is 11.1. The zero-order chi connectivity index (χ0) is 21.5. The summed E-state index contributed by atoms with van der Waals surface area (Å²) >= 11 is 0. The van der Waals surface area contributed by atoms with E-state index in [1.165, 1.54) is 32.1 Å². The van der Waals surface area contributed by atoms with Crippen molar-refractivity contribution in [3.63, 3.8) is 0 Å². The molecular weight excluding hydrogens is 394 g/mol. The van der Waals surface area contributed by atoms with Crippen LogP contribution in [0.3, 0.4) is 0 Å². The third kappa shape index (κ3) is 5.75. The molecule has 164 valence electrons. The SMILES string of the molecule is O=C(COc1ccc(N2CCCC2=O)cc1)Nc1ncccc1OCC1CCCCC1. The lowest BCUT2D eigenvalue weighted by Crippen LogP contribution is -2.23. The second-order valence-corrected chi connectivity index (χ2v) is 8.14. The molecule has 2 aliphatic rings. The zero-order valence-corrected chi connectivity index (χ0v) is 17.7. The number of anilines is 2. The fourth-order valence-corrected chi connectivity index (χ4v) is 4.12. The van der Waals surface area contributed by atoms with Crippen LogP contribution in [0.25, 0.3) is 0 Å². The van der Waals surface area contributed by atoms with Gasteiger partial charge in [-0.2, -0.15) is 0 Å². The molecule has 0 atom stereocenters. The molecule has 0 radical (unpaired) electrons. The molecule has 1 aliphatic heterocycles. The maximum absolute atomic E-state index is 12.4. The number of nitrogens with zero attached hydrogens (tertiary/aromatic N) is 2. The van der Waals surface area contributed by atoms with Gasteiger partial charge in [0.1, 0.15) is 5.75 Å². The van der Waals surface area contributed by atoms with Crippen molar-refractivity contribution in [1.82, 2.24) is 4.98 Å². The van der Waals surface area contributed by atoms with Crippen LogP contribution in [0.4, 0.5) is 11.5 Å². The average Bonchev–Trinajstić information content (AvgIpc) is 3.24. The van der Waals surface area contributed by atoms with Gasteiger partial charge in [-0.25, -0.2) is 4.98 Å². The molecule has 1 saturated carbocycles. The van der Waals surface area contributed by atoms with E-state index in [1.807, 2.05) is 18.2 Å². The number of rotatable bonds is 8. The second kappa shape index (κ2) is 10.3. The summed E-state index contributed by atoms with van der Waals surface area (Å²) in [7, 11) is 0. The third-order valence-electron chi connectivity index (χ3n) is 5.82. The van der Waals surface area contributed by atoms with Crippen LogP contribution in [-0.2, 0) is 9.59 Å². The lowest BCUT2D eigenvalue weighted by atomic mass is 9.90. The van der Waals surface area contributed by atoms with Crippen LogP contribution < -0.4 is 19.7 Å². The second-order valence-electron chi connectivity index (χ2n) is 8.14. The van der Waals surface area contributed by atoms with Crippen molar-refractivity contribution in [2.45, 2.75) is 44.9 Å². The third-order valence-corrected chi connectivity index (χ3v) is 5.82. The molecule has 2 amide bonds. The van der Waals surface area contributed by atoms with Gasteiger partial charge in [0.15, 0.2) is 18.2 Å². The van der Waals surface area contributed by atoms with Crippen molar-refractivity contribution in [1.29, 1.82) is 0 Å². The number of carbonyl (C=O) groups excluding carboxylic acids is 2. The summed E-state index contributed by atoms with van der Waals surface area (Å²) in [6, 6.07) is 10.8. The Labute approximate surface area is 182 Å². The highest BCUT2D eigenvalue weighted by molar-refractivity contribution is 5.95. The van der Waals surface area contributed by atoms with Gasteiger partial charge in [0.05, 0.1) is 6.61 Å². The van der Waals surface area contributed by atoms with E-state index in [2.05, 4.69) is 10.3 Å². The number of ether oxygens (including phenoxy) is 2. The molecule has 1 aliphatic carbocycles. The minimum Gasteiger partial charge on any atom is -0.489 e. The Morgan fingerprint density at radius 2 is 1.87 bits per heavy atom. The number of nitrogens with one attached hydrogen (secondary N) is 1. The molecule has 1 aromatic heterocycles. The predicted octanol–water partition coefficient (Wildman–Crippen LogP) is 4.19. The molecule has 7 nitrogen and oxygen atoms in total. The Morgan fingerprint density at radius 1 is 1.06 bits per heavy atom. The van der Waals surface area contributed by atoms with E-state index in [0.717, 1.165) is 18.7 Å². The van der Waals surface area contributed by atoms with Crippen LogP contribution in [0.1, 0.15) is 44.9 Å². The van der Waals surface area contributed by atoms with Crippen molar-refractivity contribution < 1.29 is 19.1 Å². The van der Waals surface area contributed by atoms with Crippen LogP contribution >= 0.6 is 0 Å². The molecule has 2 aromatic rings. The first-order chi connectivity index (χ1) is 15.2. The Kier molecular flexibility index (Phi) is 7.02. The topological polar surface area (TPSA) is 80.8 Å². The van der Waals surface area contributed by atoms with E-state index in [9.17, 15) is 9.59 Å². The predicted molar refractivity (Wildman–Crippen MR) is 118 cm³/mol. The number of benzene rings is 1. The fraction of sp³-hybridized carbons (Fsp3) is 0.458. The molecule has 0 unspecified atom stereocenters.